The molecule has 0 saturated carbocycles. The van der Waals surface area contributed by atoms with Crippen LogP contribution in [-0.4, -0.2) is 32.3 Å². The molecule has 56 valence electrons. The molecule has 2 unspecified atom stereocenters. The van der Waals surface area contributed by atoms with E-state index in [0.29, 0.717) is 0 Å². The minimum Gasteiger partial charge on any atom is -0.424 e. The van der Waals surface area contributed by atoms with Gasteiger partial charge in [-0.25, -0.2) is 0 Å². The maximum atomic E-state index is 5.22. The summed E-state index contributed by atoms with van der Waals surface area (Å²) in [4.78, 5) is 0. The lowest BCUT2D eigenvalue weighted by molar-refractivity contribution is 0.411. The van der Waals surface area contributed by atoms with Crippen LogP contribution in [0.15, 0.2) is 0 Å². The summed E-state index contributed by atoms with van der Waals surface area (Å²) >= 11 is 0. The highest BCUT2D eigenvalue weighted by atomic mass is 28.4. The molecule has 0 radical (unpaired) electrons. The van der Waals surface area contributed by atoms with Gasteiger partial charge in [0, 0.05) is 14.2 Å². The molecule has 0 aliphatic carbocycles. The molecule has 0 aliphatic rings. The van der Waals surface area contributed by atoms with Crippen molar-refractivity contribution in [2.75, 3.05) is 14.2 Å². The Kier molecular flexibility index (Phi) is 5.37. The van der Waals surface area contributed by atoms with E-state index in [1.807, 2.05) is 0 Å². The molecule has 0 rings (SSSR count). The monoisotopic (exact) mass is 164 g/mol. The Morgan fingerprint density at radius 1 is 1.00 bits per heavy atom. The second kappa shape index (κ2) is 5.16. The SMILES string of the molecule is CO[SiH](C)C[SiH](C)OC. The molecule has 0 aromatic rings. The molecule has 9 heavy (non-hydrogen) atoms. The topological polar surface area (TPSA) is 18.5 Å². The van der Waals surface area contributed by atoms with Crippen LogP contribution in [0.1, 0.15) is 0 Å². The molecule has 2 nitrogen and oxygen atoms in total. The van der Waals surface area contributed by atoms with E-state index in [4.69, 9.17) is 8.85 Å². The fraction of sp³-hybridized carbons (Fsp3) is 1.00. The number of hydrogen-bond donors (Lipinski definition) is 0. The molecular weight excluding hydrogens is 148 g/mol. The Bertz CT molecular complexity index is 62.0. The van der Waals surface area contributed by atoms with E-state index in [9.17, 15) is 0 Å². The van der Waals surface area contributed by atoms with Gasteiger partial charge in [-0.15, -0.1) is 0 Å². The predicted octanol–water partition coefficient (Wildman–Crippen LogP) is 0.526. The number of hydrogen-bond acceptors (Lipinski definition) is 2. The zero-order chi connectivity index (χ0) is 7.28. The molecule has 0 fully saturated rings. The largest absolute Gasteiger partial charge is 0.424 e. The molecule has 0 spiro atoms. The van der Waals surface area contributed by atoms with E-state index in [-0.39, 0.29) is 0 Å². The van der Waals surface area contributed by atoms with Crippen LogP contribution >= 0.6 is 0 Å². The molecule has 0 aromatic heterocycles. The van der Waals surface area contributed by atoms with Crippen LogP contribution in [0.3, 0.4) is 0 Å². The highest BCUT2D eigenvalue weighted by molar-refractivity contribution is 6.69. The van der Waals surface area contributed by atoms with Gasteiger partial charge in [0.15, 0.2) is 18.1 Å². The fourth-order valence-electron chi connectivity index (χ4n) is 0.660. The van der Waals surface area contributed by atoms with Crippen molar-refractivity contribution in [1.82, 2.24) is 0 Å². The third-order valence-electron chi connectivity index (χ3n) is 1.47. The van der Waals surface area contributed by atoms with Crippen LogP contribution < -0.4 is 0 Å². The molecule has 0 amide bonds. The fourth-order valence-corrected chi connectivity index (χ4v) is 5.94. The molecule has 0 bridgehead atoms. The van der Waals surface area contributed by atoms with E-state index < -0.39 is 18.1 Å². The van der Waals surface area contributed by atoms with Crippen molar-refractivity contribution in [1.29, 1.82) is 0 Å². The van der Waals surface area contributed by atoms with Crippen molar-refractivity contribution < 1.29 is 8.85 Å². The molecule has 4 heteroatoms. The summed E-state index contributed by atoms with van der Waals surface area (Å²) in [5, 5.41) is 0. The standard InChI is InChI=1S/C5H16O2Si2/c1-6-8(3)5-9(4)7-2/h8-9H,5H2,1-4H3. The van der Waals surface area contributed by atoms with Crippen molar-refractivity contribution in [3.8, 4) is 0 Å². The average molecular weight is 164 g/mol. The van der Waals surface area contributed by atoms with Gasteiger partial charge in [-0.2, -0.15) is 0 Å². The summed E-state index contributed by atoms with van der Waals surface area (Å²) in [5.41, 5.74) is 1.24. The second-order valence-electron chi connectivity index (χ2n) is 2.33. The Hall–Kier alpha value is 0.354. The van der Waals surface area contributed by atoms with Gasteiger partial charge in [0.2, 0.25) is 0 Å². The predicted molar refractivity (Wildman–Crippen MR) is 44.9 cm³/mol. The molecule has 2 atom stereocenters. The summed E-state index contributed by atoms with van der Waals surface area (Å²) in [7, 11) is 1.96. The average Bonchev–Trinajstić information content (AvgIpc) is 1.87. The zero-order valence-electron chi connectivity index (χ0n) is 6.68. The Morgan fingerprint density at radius 3 is 1.56 bits per heavy atom. The molecule has 0 saturated heterocycles. The smallest absolute Gasteiger partial charge is 0.172 e. The van der Waals surface area contributed by atoms with Crippen molar-refractivity contribution >= 4 is 18.1 Å². The molecule has 0 heterocycles. The van der Waals surface area contributed by atoms with Gasteiger partial charge in [-0.3, -0.25) is 0 Å². The second-order valence-corrected chi connectivity index (χ2v) is 8.40. The summed E-state index contributed by atoms with van der Waals surface area (Å²) in [6, 6.07) is 0. The lowest BCUT2D eigenvalue weighted by Gasteiger charge is -2.10. The van der Waals surface area contributed by atoms with E-state index >= 15 is 0 Å². The van der Waals surface area contributed by atoms with Gasteiger partial charge in [-0.1, -0.05) is 0 Å². The highest BCUT2D eigenvalue weighted by Gasteiger charge is 2.09. The van der Waals surface area contributed by atoms with Gasteiger partial charge >= 0.3 is 0 Å². The van der Waals surface area contributed by atoms with Gasteiger partial charge in [0.05, 0.1) is 0 Å². The van der Waals surface area contributed by atoms with Gasteiger partial charge < -0.3 is 8.85 Å². The van der Waals surface area contributed by atoms with Crippen LogP contribution in [0.2, 0.25) is 18.8 Å². The van der Waals surface area contributed by atoms with Crippen LogP contribution in [0.25, 0.3) is 0 Å². The lowest BCUT2D eigenvalue weighted by atomic mass is 11.8. The van der Waals surface area contributed by atoms with Crippen molar-refractivity contribution in [3.05, 3.63) is 0 Å². The van der Waals surface area contributed by atoms with Crippen LogP contribution in [0.5, 0.6) is 0 Å². The first-order valence-corrected chi connectivity index (χ1v) is 8.14. The van der Waals surface area contributed by atoms with Crippen molar-refractivity contribution in [3.63, 3.8) is 0 Å². The van der Waals surface area contributed by atoms with E-state index in [2.05, 4.69) is 13.1 Å². The summed E-state index contributed by atoms with van der Waals surface area (Å²) in [6.07, 6.45) is 0. The Balaban J connectivity index is 3.22. The molecular formula is C5H16O2Si2. The maximum Gasteiger partial charge on any atom is 0.172 e. The van der Waals surface area contributed by atoms with E-state index in [1.54, 1.807) is 14.2 Å². The third kappa shape index (κ3) is 4.83. The molecule has 0 aliphatic heterocycles. The quantitative estimate of drug-likeness (QED) is 0.564. The lowest BCUT2D eigenvalue weighted by Crippen LogP contribution is -2.22. The summed E-state index contributed by atoms with van der Waals surface area (Å²) in [6.45, 7) is 4.42. The van der Waals surface area contributed by atoms with Gasteiger partial charge in [-0.05, 0) is 18.8 Å². The minimum absolute atomic E-state index is 0.820. The van der Waals surface area contributed by atoms with Crippen LogP contribution in [-0.2, 0) is 8.85 Å². The van der Waals surface area contributed by atoms with Gasteiger partial charge in [0.1, 0.15) is 0 Å². The van der Waals surface area contributed by atoms with Crippen LogP contribution in [0.4, 0.5) is 0 Å². The minimum atomic E-state index is -0.820. The van der Waals surface area contributed by atoms with E-state index in [0.717, 1.165) is 0 Å². The first kappa shape index (κ1) is 9.35. The van der Waals surface area contributed by atoms with Crippen LogP contribution in [0, 0.1) is 0 Å². The van der Waals surface area contributed by atoms with E-state index in [1.165, 1.54) is 5.67 Å². The first-order valence-electron chi connectivity index (χ1n) is 3.26. The molecule has 0 aromatic carbocycles. The summed E-state index contributed by atoms with van der Waals surface area (Å²) < 4.78 is 10.4. The zero-order valence-corrected chi connectivity index (χ0v) is 8.99. The van der Waals surface area contributed by atoms with Gasteiger partial charge in [0.25, 0.3) is 0 Å². The highest BCUT2D eigenvalue weighted by Crippen LogP contribution is 1.97. The summed E-state index contributed by atoms with van der Waals surface area (Å²) in [5.74, 6) is 0. The van der Waals surface area contributed by atoms with Crippen molar-refractivity contribution in [2.45, 2.75) is 18.8 Å². The Labute approximate surface area is 60.6 Å². The van der Waals surface area contributed by atoms with Crippen molar-refractivity contribution in [2.24, 2.45) is 0 Å². The Morgan fingerprint density at radius 2 is 1.33 bits per heavy atom. The third-order valence-corrected chi connectivity index (χ3v) is 8.39. The molecule has 0 N–H and O–H groups in total. The first-order chi connectivity index (χ1) is 4.20. The maximum absolute atomic E-state index is 5.22. The number of rotatable bonds is 4. The normalized spacial score (nSPS) is 17.3.